The first kappa shape index (κ1) is 11.8. The molecule has 1 aromatic carbocycles. The number of aromatic nitrogens is 1. The summed E-state index contributed by atoms with van der Waals surface area (Å²) in [6, 6.07) is 8.64. The molecule has 96 valence electrons. The van der Waals surface area contributed by atoms with Crippen LogP contribution in [0.1, 0.15) is 31.2 Å². The molecular formula is C16H22N2. The molecule has 1 fully saturated rings. The van der Waals surface area contributed by atoms with Crippen LogP contribution in [0.25, 0.3) is 10.9 Å². The average Bonchev–Trinajstić information content (AvgIpc) is 2.65. The van der Waals surface area contributed by atoms with Crippen molar-refractivity contribution in [3.05, 3.63) is 36.0 Å². The summed E-state index contributed by atoms with van der Waals surface area (Å²) in [5.41, 5.74) is 2.75. The summed E-state index contributed by atoms with van der Waals surface area (Å²) in [4.78, 5) is 0. The van der Waals surface area contributed by atoms with E-state index in [1.807, 2.05) is 0 Å². The fraction of sp³-hybridized carbons (Fsp3) is 0.500. The molecule has 2 heteroatoms. The highest BCUT2D eigenvalue weighted by Gasteiger charge is 2.16. The molecule has 1 N–H and O–H groups in total. The number of nitrogens with one attached hydrogen (secondary N) is 1. The second-order valence-electron chi connectivity index (χ2n) is 5.54. The van der Waals surface area contributed by atoms with Gasteiger partial charge in [-0.15, -0.1) is 0 Å². The van der Waals surface area contributed by atoms with Crippen molar-refractivity contribution in [1.82, 2.24) is 9.88 Å². The van der Waals surface area contributed by atoms with Crippen molar-refractivity contribution in [2.24, 2.45) is 13.0 Å². The zero-order valence-electron chi connectivity index (χ0n) is 11.2. The number of rotatable bonds is 5. The maximum atomic E-state index is 3.59. The summed E-state index contributed by atoms with van der Waals surface area (Å²) >= 11 is 0. The van der Waals surface area contributed by atoms with Gasteiger partial charge in [0.05, 0.1) is 0 Å². The van der Waals surface area contributed by atoms with Crippen molar-refractivity contribution < 1.29 is 0 Å². The Bertz CT molecular complexity index is 523. The molecule has 2 aromatic rings. The first-order valence-electron chi connectivity index (χ1n) is 7.08. The lowest BCUT2D eigenvalue weighted by Crippen LogP contribution is -2.20. The number of para-hydroxylation sites is 1. The van der Waals surface area contributed by atoms with E-state index in [1.165, 1.54) is 42.1 Å². The van der Waals surface area contributed by atoms with Gasteiger partial charge in [0.25, 0.3) is 0 Å². The van der Waals surface area contributed by atoms with Gasteiger partial charge in [-0.25, -0.2) is 0 Å². The van der Waals surface area contributed by atoms with E-state index in [2.05, 4.69) is 47.4 Å². The fourth-order valence-electron chi connectivity index (χ4n) is 2.88. The van der Waals surface area contributed by atoms with Gasteiger partial charge in [0.15, 0.2) is 0 Å². The van der Waals surface area contributed by atoms with Crippen LogP contribution in [0, 0.1) is 5.92 Å². The molecule has 1 aliphatic rings. The number of hydrogen-bond acceptors (Lipinski definition) is 1. The van der Waals surface area contributed by atoms with Crippen LogP contribution in [0.2, 0.25) is 0 Å². The van der Waals surface area contributed by atoms with Gasteiger partial charge in [-0.2, -0.15) is 0 Å². The minimum absolute atomic E-state index is 0.994. The first-order valence-corrected chi connectivity index (χ1v) is 7.08. The van der Waals surface area contributed by atoms with Crippen LogP contribution in [0.5, 0.6) is 0 Å². The summed E-state index contributed by atoms with van der Waals surface area (Å²) in [6.07, 6.45) is 7.96. The Labute approximate surface area is 109 Å². The summed E-state index contributed by atoms with van der Waals surface area (Å²) in [6.45, 7) is 2.15. The molecule has 2 nitrogen and oxygen atoms in total. The molecule has 3 rings (SSSR count). The van der Waals surface area contributed by atoms with Gasteiger partial charge in [0.2, 0.25) is 0 Å². The van der Waals surface area contributed by atoms with Crippen LogP contribution >= 0.6 is 0 Å². The SMILES string of the molecule is Cn1cc(CNCCC2CCC2)c2ccccc21. The fourth-order valence-corrected chi connectivity index (χ4v) is 2.88. The van der Waals surface area contributed by atoms with Crippen LogP contribution in [-0.4, -0.2) is 11.1 Å². The summed E-state index contributed by atoms with van der Waals surface area (Å²) < 4.78 is 2.22. The quantitative estimate of drug-likeness (QED) is 0.795. The number of fused-ring (bicyclic) bond motifs is 1. The van der Waals surface area contributed by atoms with Crippen LogP contribution in [0.15, 0.2) is 30.5 Å². The normalized spacial score (nSPS) is 16.1. The van der Waals surface area contributed by atoms with Gasteiger partial charge in [-0.3, -0.25) is 0 Å². The Morgan fingerprint density at radius 1 is 1.28 bits per heavy atom. The van der Waals surface area contributed by atoms with Gasteiger partial charge < -0.3 is 9.88 Å². The topological polar surface area (TPSA) is 17.0 Å². The van der Waals surface area contributed by atoms with Crippen LogP contribution in [0.4, 0.5) is 0 Å². The average molecular weight is 242 g/mol. The molecule has 1 aliphatic carbocycles. The minimum atomic E-state index is 0.994. The molecule has 0 bridgehead atoms. The summed E-state index contributed by atoms with van der Waals surface area (Å²) in [7, 11) is 2.13. The van der Waals surface area contributed by atoms with Crippen LogP contribution < -0.4 is 5.32 Å². The van der Waals surface area contributed by atoms with E-state index in [0.29, 0.717) is 0 Å². The van der Waals surface area contributed by atoms with Crippen molar-refractivity contribution >= 4 is 10.9 Å². The monoisotopic (exact) mass is 242 g/mol. The third kappa shape index (κ3) is 2.30. The molecule has 1 heterocycles. The van der Waals surface area contributed by atoms with Crippen molar-refractivity contribution in [2.75, 3.05) is 6.54 Å². The van der Waals surface area contributed by atoms with E-state index < -0.39 is 0 Å². The lowest BCUT2D eigenvalue weighted by Gasteiger charge is -2.25. The highest BCUT2D eigenvalue weighted by atomic mass is 14.9. The predicted molar refractivity (Wildman–Crippen MR) is 76.6 cm³/mol. The van der Waals surface area contributed by atoms with Gasteiger partial charge >= 0.3 is 0 Å². The highest BCUT2D eigenvalue weighted by molar-refractivity contribution is 5.83. The lowest BCUT2D eigenvalue weighted by molar-refractivity contribution is 0.292. The zero-order valence-corrected chi connectivity index (χ0v) is 11.2. The Hall–Kier alpha value is -1.28. The Balaban J connectivity index is 1.60. The van der Waals surface area contributed by atoms with Crippen molar-refractivity contribution in [1.29, 1.82) is 0 Å². The van der Waals surface area contributed by atoms with E-state index in [0.717, 1.165) is 19.0 Å². The number of benzene rings is 1. The third-order valence-corrected chi connectivity index (χ3v) is 4.25. The number of aryl methyl sites for hydroxylation is 1. The molecule has 0 aliphatic heterocycles. The van der Waals surface area contributed by atoms with Gasteiger partial charge in [-0.1, -0.05) is 37.5 Å². The van der Waals surface area contributed by atoms with Crippen LogP contribution in [-0.2, 0) is 13.6 Å². The number of hydrogen-bond donors (Lipinski definition) is 1. The molecule has 0 atom stereocenters. The Morgan fingerprint density at radius 2 is 2.11 bits per heavy atom. The molecule has 0 spiro atoms. The van der Waals surface area contributed by atoms with E-state index in [4.69, 9.17) is 0 Å². The van der Waals surface area contributed by atoms with E-state index in [9.17, 15) is 0 Å². The predicted octanol–water partition coefficient (Wildman–Crippen LogP) is 3.46. The smallest absolute Gasteiger partial charge is 0.0481 e. The van der Waals surface area contributed by atoms with E-state index in [-0.39, 0.29) is 0 Å². The van der Waals surface area contributed by atoms with Crippen molar-refractivity contribution in [2.45, 2.75) is 32.2 Å². The molecule has 0 amide bonds. The van der Waals surface area contributed by atoms with Gasteiger partial charge in [0, 0.05) is 30.7 Å². The Kier molecular flexibility index (Phi) is 3.37. The van der Waals surface area contributed by atoms with Crippen molar-refractivity contribution in [3.63, 3.8) is 0 Å². The molecule has 18 heavy (non-hydrogen) atoms. The third-order valence-electron chi connectivity index (χ3n) is 4.25. The van der Waals surface area contributed by atoms with Gasteiger partial charge in [0.1, 0.15) is 0 Å². The second kappa shape index (κ2) is 5.15. The molecular weight excluding hydrogens is 220 g/mol. The molecule has 1 saturated carbocycles. The number of nitrogens with zero attached hydrogens (tertiary/aromatic N) is 1. The van der Waals surface area contributed by atoms with Crippen LogP contribution in [0.3, 0.4) is 0 Å². The maximum absolute atomic E-state index is 3.59. The van der Waals surface area contributed by atoms with Gasteiger partial charge in [-0.05, 0) is 30.5 Å². The highest BCUT2D eigenvalue weighted by Crippen LogP contribution is 2.28. The van der Waals surface area contributed by atoms with E-state index in [1.54, 1.807) is 0 Å². The molecule has 0 unspecified atom stereocenters. The molecule has 1 aromatic heterocycles. The molecule has 0 radical (unpaired) electrons. The first-order chi connectivity index (χ1) is 8.84. The van der Waals surface area contributed by atoms with Crippen molar-refractivity contribution in [3.8, 4) is 0 Å². The second-order valence-corrected chi connectivity index (χ2v) is 5.54. The van der Waals surface area contributed by atoms with E-state index >= 15 is 0 Å². The summed E-state index contributed by atoms with van der Waals surface area (Å²) in [5, 5.41) is 4.98. The molecule has 0 saturated heterocycles. The Morgan fingerprint density at radius 3 is 2.89 bits per heavy atom. The largest absolute Gasteiger partial charge is 0.350 e. The lowest BCUT2D eigenvalue weighted by atomic mass is 9.83. The standard InChI is InChI=1S/C16H22N2/c1-18-12-14(15-7-2-3-8-16(15)18)11-17-10-9-13-5-4-6-13/h2-3,7-8,12-13,17H,4-6,9-11H2,1H3. The summed E-state index contributed by atoms with van der Waals surface area (Å²) in [5.74, 6) is 1.00. The maximum Gasteiger partial charge on any atom is 0.0481 e. The zero-order chi connectivity index (χ0) is 12.4. The minimum Gasteiger partial charge on any atom is -0.350 e.